The van der Waals surface area contributed by atoms with Gasteiger partial charge in [0.05, 0.1) is 24.1 Å². The lowest BCUT2D eigenvalue weighted by atomic mass is 10.1. The molecule has 1 amide bonds. The van der Waals surface area contributed by atoms with Crippen LogP contribution in [0.3, 0.4) is 0 Å². The third-order valence-electron chi connectivity index (χ3n) is 6.78. The van der Waals surface area contributed by atoms with Crippen molar-refractivity contribution in [3.63, 3.8) is 0 Å². The SMILES string of the molecule is CCOc1cc(/C=N/NC(=O)c2ccc(-n3c(C)ccc3-c3ccccc3)cc2)ccc1OCc1ccc(C(=O)O)cc1. The summed E-state index contributed by atoms with van der Waals surface area (Å²) in [6.45, 7) is 4.62. The normalized spacial score (nSPS) is 10.9. The molecule has 0 radical (unpaired) electrons. The largest absolute Gasteiger partial charge is 0.490 e. The van der Waals surface area contributed by atoms with E-state index < -0.39 is 5.97 Å². The minimum absolute atomic E-state index is 0.218. The summed E-state index contributed by atoms with van der Waals surface area (Å²) in [6.07, 6.45) is 1.54. The van der Waals surface area contributed by atoms with Crippen molar-refractivity contribution in [2.24, 2.45) is 5.10 Å². The van der Waals surface area contributed by atoms with Gasteiger partial charge in [0, 0.05) is 16.9 Å². The second-order valence-electron chi connectivity index (χ2n) is 9.74. The molecule has 0 aliphatic rings. The highest BCUT2D eigenvalue weighted by molar-refractivity contribution is 5.95. The number of aromatic carboxylic acids is 1. The lowest BCUT2D eigenvalue weighted by Gasteiger charge is -2.13. The third-order valence-corrected chi connectivity index (χ3v) is 6.78. The number of aryl methyl sites for hydroxylation is 1. The number of benzene rings is 4. The first-order valence-corrected chi connectivity index (χ1v) is 13.8. The first-order valence-electron chi connectivity index (χ1n) is 13.8. The standard InChI is InChI=1S/C35H31N3O5/c1-3-42-33-21-26(12-20-32(33)43-23-25-10-13-29(14-11-25)35(40)41)22-36-37-34(39)28-15-17-30(18-16-28)38-24(2)9-19-31(38)27-7-5-4-6-8-27/h4-22H,3,23H2,1-2H3,(H,37,39)(H,40,41)/b36-22+. The summed E-state index contributed by atoms with van der Waals surface area (Å²) in [5.41, 5.74) is 9.09. The number of carbonyl (C=O) groups is 2. The van der Waals surface area contributed by atoms with Crippen LogP contribution >= 0.6 is 0 Å². The number of nitrogens with one attached hydrogen (secondary N) is 1. The van der Waals surface area contributed by atoms with Crippen LogP contribution in [0.5, 0.6) is 11.5 Å². The van der Waals surface area contributed by atoms with Crippen LogP contribution in [0.1, 0.15) is 44.5 Å². The number of carbonyl (C=O) groups excluding carboxylic acids is 1. The van der Waals surface area contributed by atoms with Crippen molar-refractivity contribution >= 4 is 18.1 Å². The molecule has 0 bridgehead atoms. The van der Waals surface area contributed by atoms with E-state index >= 15 is 0 Å². The quantitative estimate of drug-likeness (QED) is 0.132. The Morgan fingerprint density at radius 1 is 0.837 bits per heavy atom. The van der Waals surface area contributed by atoms with Crippen molar-refractivity contribution in [3.8, 4) is 28.4 Å². The van der Waals surface area contributed by atoms with E-state index in [-0.39, 0.29) is 18.1 Å². The summed E-state index contributed by atoms with van der Waals surface area (Å²) in [5.74, 6) is -0.225. The highest BCUT2D eigenvalue weighted by Gasteiger charge is 2.12. The van der Waals surface area contributed by atoms with Crippen LogP contribution in [0.25, 0.3) is 16.9 Å². The third kappa shape index (κ3) is 7.00. The second-order valence-corrected chi connectivity index (χ2v) is 9.74. The molecule has 0 saturated carbocycles. The molecule has 5 rings (SSSR count). The maximum absolute atomic E-state index is 12.8. The van der Waals surface area contributed by atoms with E-state index in [9.17, 15) is 9.59 Å². The molecule has 0 unspecified atom stereocenters. The van der Waals surface area contributed by atoms with Gasteiger partial charge in [0.25, 0.3) is 5.91 Å². The highest BCUT2D eigenvalue weighted by Crippen LogP contribution is 2.29. The average molecular weight is 574 g/mol. The van der Waals surface area contributed by atoms with Gasteiger partial charge in [0.1, 0.15) is 6.61 Å². The van der Waals surface area contributed by atoms with Crippen molar-refractivity contribution in [3.05, 3.63) is 137 Å². The van der Waals surface area contributed by atoms with Crippen molar-refractivity contribution < 1.29 is 24.2 Å². The highest BCUT2D eigenvalue weighted by atomic mass is 16.5. The number of ether oxygens (including phenoxy) is 2. The molecule has 0 spiro atoms. The van der Waals surface area contributed by atoms with Gasteiger partial charge in [0.15, 0.2) is 11.5 Å². The Balaban J connectivity index is 1.22. The fourth-order valence-electron chi connectivity index (χ4n) is 4.60. The van der Waals surface area contributed by atoms with Crippen molar-refractivity contribution in [2.75, 3.05) is 6.61 Å². The second kappa shape index (κ2) is 13.4. The maximum atomic E-state index is 12.8. The van der Waals surface area contributed by atoms with Crippen LogP contribution in [0.15, 0.2) is 114 Å². The average Bonchev–Trinajstić information content (AvgIpc) is 3.42. The van der Waals surface area contributed by atoms with Gasteiger partial charge in [-0.1, -0.05) is 42.5 Å². The molecular weight excluding hydrogens is 542 g/mol. The monoisotopic (exact) mass is 573 g/mol. The zero-order valence-electron chi connectivity index (χ0n) is 23.9. The van der Waals surface area contributed by atoms with Gasteiger partial charge in [-0.15, -0.1) is 0 Å². The van der Waals surface area contributed by atoms with Crippen LogP contribution in [0.4, 0.5) is 0 Å². The number of hydrogen-bond acceptors (Lipinski definition) is 5. The van der Waals surface area contributed by atoms with Gasteiger partial charge in [-0.3, -0.25) is 4.79 Å². The molecule has 8 heteroatoms. The number of nitrogens with zero attached hydrogens (tertiary/aromatic N) is 2. The summed E-state index contributed by atoms with van der Waals surface area (Å²) >= 11 is 0. The molecule has 43 heavy (non-hydrogen) atoms. The predicted molar refractivity (Wildman–Crippen MR) is 166 cm³/mol. The molecule has 216 valence electrons. The van der Waals surface area contributed by atoms with E-state index in [2.05, 4.69) is 46.3 Å². The zero-order valence-corrected chi connectivity index (χ0v) is 23.9. The van der Waals surface area contributed by atoms with Crippen molar-refractivity contribution in [1.29, 1.82) is 0 Å². The minimum Gasteiger partial charge on any atom is -0.490 e. The van der Waals surface area contributed by atoms with Crippen LogP contribution in [-0.2, 0) is 6.61 Å². The first kappa shape index (κ1) is 28.9. The number of rotatable bonds is 11. The fraction of sp³-hybridized carbons (Fsp3) is 0.114. The van der Waals surface area contributed by atoms with Gasteiger partial charge >= 0.3 is 5.97 Å². The molecule has 0 saturated heterocycles. The Morgan fingerprint density at radius 3 is 2.26 bits per heavy atom. The number of amides is 1. The van der Waals surface area contributed by atoms with Gasteiger partial charge in [-0.25, -0.2) is 10.2 Å². The summed E-state index contributed by atoms with van der Waals surface area (Å²) in [5, 5.41) is 13.2. The number of carboxylic acids is 1. The molecule has 5 aromatic rings. The van der Waals surface area contributed by atoms with Gasteiger partial charge < -0.3 is 19.1 Å². The number of aromatic nitrogens is 1. The Bertz CT molecular complexity index is 1740. The lowest BCUT2D eigenvalue weighted by Crippen LogP contribution is -2.17. The van der Waals surface area contributed by atoms with Crippen LogP contribution < -0.4 is 14.9 Å². The molecule has 0 aliphatic carbocycles. The van der Waals surface area contributed by atoms with E-state index in [0.717, 1.165) is 28.2 Å². The molecule has 1 aromatic heterocycles. The maximum Gasteiger partial charge on any atom is 0.335 e. The van der Waals surface area contributed by atoms with Crippen LogP contribution in [-0.4, -0.2) is 34.4 Å². The molecule has 4 aromatic carbocycles. The topological polar surface area (TPSA) is 102 Å². The molecule has 0 fully saturated rings. The summed E-state index contributed by atoms with van der Waals surface area (Å²) < 4.78 is 13.8. The Kier molecular flexibility index (Phi) is 8.97. The van der Waals surface area contributed by atoms with Gasteiger partial charge in [-0.2, -0.15) is 5.10 Å². The molecule has 8 nitrogen and oxygen atoms in total. The van der Waals surface area contributed by atoms with E-state index in [1.165, 1.54) is 12.1 Å². The smallest absolute Gasteiger partial charge is 0.335 e. The van der Waals surface area contributed by atoms with Crippen molar-refractivity contribution in [2.45, 2.75) is 20.5 Å². The fourth-order valence-corrected chi connectivity index (χ4v) is 4.60. The van der Waals surface area contributed by atoms with Crippen molar-refractivity contribution in [1.82, 2.24) is 9.99 Å². The zero-order chi connectivity index (χ0) is 30.2. The Hall–Kier alpha value is -5.63. The number of hydrogen-bond donors (Lipinski definition) is 2. The minimum atomic E-state index is -0.974. The van der Waals surface area contributed by atoms with Crippen LogP contribution in [0.2, 0.25) is 0 Å². The van der Waals surface area contributed by atoms with Gasteiger partial charge in [-0.05, 0) is 97.3 Å². The van der Waals surface area contributed by atoms with E-state index in [0.29, 0.717) is 29.2 Å². The number of carboxylic acid groups (broad SMARTS) is 1. The first-order chi connectivity index (χ1) is 20.9. The molecule has 0 aliphatic heterocycles. The molecule has 2 N–H and O–H groups in total. The van der Waals surface area contributed by atoms with E-state index in [4.69, 9.17) is 14.6 Å². The predicted octanol–water partition coefficient (Wildman–Crippen LogP) is 6.89. The van der Waals surface area contributed by atoms with Gasteiger partial charge in [0.2, 0.25) is 0 Å². The Morgan fingerprint density at radius 2 is 1.56 bits per heavy atom. The summed E-state index contributed by atoms with van der Waals surface area (Å²) in [7, 11) is 0. The van der Waals surface area contributed by atoms with Crippen LogP contribution in [0, 0.1) is 6.92 Å². The van der Waals surface area contributed by atoms with E-state index in [1.807, 2.05) is 37.3 Å². The molecular formula is C35H31N3O5. The number of hydrazone groups is 1. The van der Waals surface area contributed by atoms with E-state index in [1.54, 1.807) is 48.7 Å². The Labute approximate surface area is 249 Å². The summed E-state index contributed by atoms with van der Waals surface area (Å²) in [4.78, 5) is 23.8. The lowest BCUT2D eigenvalue weighted by molar-refractivity contribution is 0.0696. The molecule has 0 atom stereocenters. The molecule has 1 heterocycles. The summed E-state index contributed by atoms with van der Waals surface area (Å²) in [6, 6.07) is 33.6.